The quantitative estimate of drug-likeness (QED) is 0.755. The van der Waals surface area contributed by atoms with Crippen molar-refractivity contribution in [3.63, 3.8) is 0 Å². The molecular formula is C17H18BrNO4S. The molecule has 2 aromatic carbocycles. The molecule has 5 nitrogen and oxygen atoms in total. The molecule has 0 amide bonds. The number of nitrogens with zero attached hydrogens (tertiary/aromatic N) is 1. The Morgan fingerprint density at radius 3 is 2.54 bits per heavy atom. The van der Waals surface area contributed by atoms with Gasteiger partial charge in [-0.1, -0.05) is 35.0 Å². The van der Waals surface area contributed by atoms with Gasteiger partial charge in [0.25, 0.3) is 0 Å². The highest BCUT2D eigenvalue weighted by atomic mass is 79.9. The Balaban J connectivity index is 1.86. The predicted octanol–water partition coefficient (Wildman–Crippen LogP) is 3.43. The molecule has 0 bridgehead atoms. The highest BCUT2D eigenvalue weighted by Crippen LogP contribution is 2.31. The zero-order valence-corrected chi connectivity index (χ0v) is 15.6. The van der Waals surface area contributed by atoms with Gasteiger partial charge >= 0.3 is 0 Å². The Morgan fingerprint density at radius 1 is 1.08 bits per heavy atom. The number of rotatable bonds is 5. The van der Waals surface area contributed by atoms with Crippen LogP contribution < -0.4 is 9.47 Å². The van der Waals surface area contributed by atoms with Crippen LogP contribution in [-0.4, -0.2) is 32.5 Å². The maximum absolute atomic E-state index is 12.9. The second-order valence-corrected chi connectivity index (χ2v) is 8.22. The van der Waals surface area contributed by atoms with Gasteiger partial charge in [-0.25, -0.2) is 8.42 Å². The molecule has 3 rings (SSSR count). The van der Waals surface area contributed by atoms with Crippen LogP contribution in [0.2, 0.25) is 0 Å². The van der Waals surface area contributed by atoms with E-state index in [1.165, 1.54) is 4.31 Å². The van der Waals surface area contributed by atoms with E-state index in [-0.39, 0.29) is 11.4 Å². The fourth-order valence-electron chi connectivity index (χ4n) is 2.53. The van der Waals surface area contributed by atoms with E-state index in [9.17, 15) is 8.42 Å². The standard InChI is InChI=1S/C17H18BrNO4S/c1-2-19(24(20,21)15-5-3-4-14(18)11-15)12-13-6-7-16-17(10-13)23-9-8-22-16/h3-7,10-11H,2,8-9,12H2,1H3. The summed E-state index contributed by atoms with van der Waals surface area (Å²) < 4.78 is 39.0. The lowest BCUT2D eigenvalue weighted by Gasteiger charge is -2.23. The van der Waals surface area contributed by atoms with E-state index < -0.39 is 10.0 Å². The molecule has 0 atom stereocenters. The highest BCUT2D eigenvalue weighted by Gasteiger charge is 2.24. The van der Waals surface area contributed by atoms with Crippen molar-refractivity contribution in [2.24, 2.45) is 0 Å². The second-order valence-electron chi connectivity index (χ2n) is 5.37. The summed E-state index contributed by atoms with van der Waals surface area (Å²) >= 11 is 3.32. The van der Waals surface area contributed by atoms with Crippen LogP contribution >= 0.6 is 15.9 Å². The monoisotopic (exact) mass is 411 g/mol. The Bertz CT molecular complexity index is 838. The molecule has 2 aromatic rings. The zero-order valence-electron chi connectivity index (χ0n) is 13.2. The van der Waals surface area contributed by atoms with Gasteiger partial charge in [0.1, 0.15) is 13.2 Å². The van der Waals surface area contributed by atoms with Crippen molar-refractivity contribution in [1.29, 1.82) is 0 Å². The largest absolute Gasteiger partial charge is 0.486 e. The molecule has 128 valence electrons. The number of hydrogen-bond donors (Lipinski definition) is 0. The minimum atomic E-state index is -3.56. The van der Waals surface area contributed by atoms with E-state index in [0.717, 1.165) is 10.0 Å². The molecule has 0 aromatic heterocycles. The van der Waals surface area contributed by atoms with Gasteiger partial charge in [0, 0.05) is 17.6 Å². The van der Waals surface area contributed by atoms with Crippen LogP contribution in [0.4, 0.5) is 0 Å². The summed E-state index contributed by atoms with van der Waals surface area (Å²) in [7, 11) is -3.56. The van der Waals surface area contributed by atoms with Crippen LogP contribution in [0.1, 0.15) is 12.5 Å². The highest BCUT2D eigenvalue weighted by molar-refractivity contribution is 9.10. The zero-order chi connectivity index (χ0) is 17.2. The Morgan fingerprint density at radius 2 is 1.83 bits per heavy atom. The topological polar surface area (TPSA) is 55.8 Å². The summed E-state index contributed by atoms with van der Waals surface area (Å²) in [5, 5.41) is 0. The van der Waals surface area contributed by atoms with Gasteiger partial charge in [0.05, 0.1) is 4.90 Å². The Hall–Kier alpha value is -1.57. The van der Waals surface area contributed by atoms with Crippen LogP contribution in [-0.2, 0) is 16.6 Å². The van der Waals surface area contributed by atoms with Crippen LogP contribution in [0.3, 0.4) is 0 Å². The van der Waals surface area contributed by atoms with E-state index in [2.05, 4.69) is 15.9 Å². The lowest BCUT2D eigenvalue weighted by atomic mass is 10.2. The van der Waals surface area contributed by atoms with Gasteiger partial charge in [-0.15, -0.1) is 0 Å². The first kappa shape index (κ1) is 17.3. The minimum Gasteiger partial charge on any atom is -0.486 e. The molecule has 1 aliphatic rings. The van der Waals surface area contributed by atoms with Crippen molar-refractivity contribution in [1.82, 2.24) is 4.31 Å². The maximum atomic E-state index is 12.9. The smallest absolute Gasteiger partial charge is 0.243 e. The average Bonchev–Trinajstić information content (AvgIpc) is 2.59. The predicted molar refractivity (Wildman–Crippen MR) is 94.8 cm³/mol. The maximum Gasteiger partial charge on any atom is 0.243 e. The van der Waals surface area contributed by atoms with Crippen LogP contribution in [0.25, 0.3) is 0 Å². The number of sulfonamides is 1. The van der Waals surface area contributed by atoms with Gasteiger partial charge in [-0.2, -0.15) is 4.31 Å². The van der Waals surface area contributed by atoms with Crippen molar-refractivity contribution in [3.05, 3.63) is 52.5 Å². The molecule has 0 aliphatic carbocycles. The van der Waals surface area contributed by atoms with Crippen molar-refractivity contribution in [3.8, 4) is 11.5 Å². The molecule has 0 N–H and O–H groups in total. The van der Waals surface area contributed by atoms with Gasteiger partial charge in [0.15, 0.2) is 11.5 Å². The fraction of sp³-hybridized carbons (Fsp3) is 0.294. The summed E-state index contributed by atoms with van der Waals surface area (Å²) in [6.07, 6.45) is 0. The minimum absolute atomic E-state index is 0.274. The first-order valence-corrected chi connectivity index (χ1v) is 9.88. The molecule has 0 unspecified atom stereocenters. The lowest BCUT2D eigenvalue weighted by molar-refractivity contribution is 0.171. The van der Waals surface area contributed by atoms with Crippen LogP contribution in [0, 0.1) is 0 Å². The van der Waals surface area contributed by atoms with Gasteiger partial charge < -0.3 is 9.47 Å². The summed E-state index contributed by atoms with van der Waals surface area (Å²) in [5.41, 5.74) is 0.861. The molecule has 1 aliphatic heterocycles. The van der Waals surface area contributed by atoms with E-state index in [0.29, 0.717) is 31.3 Å². The number of benzene rings is 2. The summed E-state index contributed by atoms with van der Waals surface area (Å²) in [6.45, 7) is 3.52. The summed E-state index contributed by atoms with van der Waals surface area (Å²) in [5.74, 6) is 1.36. The Kier molecular flexibility index (Phi) is 5.12. The fourth-order valence-corrected chi connectivity index (χ4v) is 4.57. The van der Waals surface area contributed by atoms with Crippen molar-refractivity contribution in [2.45, 2.75) is 18.4 Å². The number of fused-ring (bicyclic) bond motifs is 1. The molecule has 0 saturated heterocycles. The normalized spacial score (nSPS) is 14.0. The summed E-state index contributed by atoms with van der Waals surface area (Å²) in [4.78, 5) is 0.274. The van der Waals surface area contributed by atoms with Crippen LogP contribution in [0.5, 0.6) is 11.5 Å². The summed E-state index contributed by atoms with van der Waals surface area (Å²) in [6, 6.07) is 12.3. The van der Waals surface area contributed by atoms with Gasteiger partial charge in [-0.3, -0.25) is 0 Å². The second kappa shape index (κ2) is 7.13. The molecule has 0 fully saturated rings. The molecule has 24 heavy (non-hydrogen) atoms. The van der Waals surface area contributed by atoms with E-state index in [4.69, 9.17) is 9.47 Å². The van der Waals surface area contributed by atoms with Crippen LogP contribution in [0.15, 0.2) is 51.8 Å². The van der Waals surface area contributed by atoms with Crippen molar-refractivity contribution in [2.75, 3.05) is 19.8 Å². The third kappa shape index (κ3) is 3.58. The molecule has 0 spiro atoms. The Labute approximate surface area is 150 Å². The number of ether oxygens (including phenoxy) is 2. The van der Waals surface area contributed by atoms with Crippen molar-refractivity contribution >= 4 is 26.0 Å². The first-order valence-electron chi connectivity index (χ1n) is 7.65. The van der Waals surface area contributed by atoms with E-state index in [1.807, 2.05) is 25.1 Å². The number of halogens is 1. The molecule has 7 heteroatoms. The van der Waals surface area contributed by atoms with E-state index in [1.54, 1.807) is 24.3 Å². The lowest BCUT2D eigenvalue weighted by Crippen LogP contribution is -2.30. The van der Waals surface area contributed by atoms with Gasteiger partial charge in [-0.05, 0) is 35.9 Å². The third-order valence-corrected chi connectivity index (χ3v) is 6.16. The first-order chi connectivity index (χ1) is 11.5. The third-order valence-electron chi connectivity index (χ3n) is 3.75. The average molecular weight is 412 g/mol. The SMILES string of the molecule is CCN(Cc1ccc2c(c1)OCCO2)S(=O)(=O)c1cccc(Br)c1. The molecule has 0 saturated carbocycles. The molecule has 1 heterocycles. The number of hydrogen-bond acceptors (Lipinski definition) is 4. The molecule has 0 radical (unpaired) electrons. The van der Waals surface area contributed by atoms with Crippen molar-refractivity contribution < 1.29 is 17.9 Å². The molecular weight excluding hydrogens is 394 g/mol. The van der Waals surface area contributed by atoms with Gasteiger partial charge in [0.2, 0.25) is 10.0 Å². The van der Waals surface area contributed by atoms with E-state index >= 15 is 0 Å².